The number of aliphatic hydroxyl groups excluding tert-OH is 1. The van der Waals surface area contributed by atoms with Gasteiger partial charge in [0.05, 0.1) is 25.2 Å². The molecule has 2 aromatic rings. The van der Waals surface area contributed by atoms with Crippen LogP contribution in [0.1, 0.15) is 11.5 Å². The summed E-state index contributed by atoms with van der Waals surface area (Å²) in [5.41, 5.74) is 0.628. The summed E-state index contributed by atoms with van der Waals surface area (Å²) in [4.78, 5) is 7.80. The van der Waals surface area contributed by atoms with Crippen LogP contribution in [-0.4, -0.2) is 24.8 Å². The predicted molar refractivity (Wildman–Crippen MR) is 41.5 cm³/mol. The lowest BCUT2D eigenvalue weighted by molar-refractivity contribution is 0.277. The van der Waals surface area contributed by atoms with Crippen molar-refractivity contribution in [3.05, 3.63) is 30.4 Å². The number of imidazole rings is 1. The van der Waals surface area contributed by atoms with Crippen LogP contribution >= 0.6 is 0 Å². The Morgan fingerprint density at radius 3 is 3.00 bits per heavy atom. The molecule has 13 heavy (non-hydrogen) atoms. The highest BCUT2D eigenvalue weighted by atomic mass is 16.5. The monoisotopic (exact) mass is 180 g/mol. The van der Waals surface area contributed by atoms with E-state index in [1.54, 1.807) is 17.1 Å². The molecule has 0 fully saturated rings. The minimum atomic E-state index is -0.0563. The molecule has 0 amide bonds. The highest BCUT2D eigenvalue weighted by Crippen LogP contribution is 1.98. The Kier molecular flexibility index (Phi) is 2.05. The topological polar surface area (TPSA) is 77.0 Å². The zero-order chi connectivity index (χ0) is 9.10. The Hall–Kier alpha value is -1.69. The Bertz CT molecular complexity index is 368. The number of aromatic nitrogens is 4. The normalized spacial score (nSPS) is 10.5. The largest absolute Gasteiger partial charge is 0.390 e. The van der Waals surface area contributed by atoms with Crippen molar-refractivity contribution < 1.29 is 9.63 Å². The van der Waals surface area contributed by atoms with Gasteiger partial charge in [-0.25, -0.2) is 4.98 Å². The van der Waals surface area contributed by atoms with Crippen LogP contribution in [0.5, 0.6) is 0 Å². The van der Waals surface area contributed by atoms with E-state index in [0.717, 1.165) is 0 Å². The Balaban J connectivity index is 2.10. The fourth-order valence-electron chi connectivity index (χ4n) is 1.000. The molecule has 0 aliphatic rings. The van der Waals surface area contributed by atoms with Crippen molar-refractivity contribution >= 4 is 0 Å². The molecule has 2 aromatic heterocycles. The molecular formula is C7H8N4O2. The van der Waals surface area contributed by atoms with Crippen molar-refractivity contribution in [3.8, 4) is 0 Å². The molecule has 6 heteroatoms. The van der Waals surface area contributed by atoms with Crippen LogP contribution in [0.25, 0.3) is 0 Å². The van der Waals surface area contributed by atoms with E-state index in [4.69, 9.17) is 5.11 Å². The number of rotatable bonds is 3. The summed E-state index contributed by atoms with van der Waals surface area (Å²) in [7, 11) is 0. The first-order valence-electron chi connectivity index (χ1n) is 3.75. The Morgan fingerprint density at radius 2 is 2.38 bits per heavy atom. The van der Waals surface area contributed by atoms with E-state index in [1.165, 1.54) is 6.39 Å². The zero-order valence-corrected chi connectivity index (χ0v) is 6.79. The van der Waals surface area contributed by atoms with Gasteiger partial charge in [-0.05, 0) is 0 Å². The van der Waals surface area contributed by atoms with Gasteiger partial charge in [-0.2, -0.15) is 4.98 Å². The van der Waals surface area contributed by atoms with Gasteiger partial charge in [0.25, 0.3) is 0 Å². The average Bonchev–Trinajstić information content (AvgIpc) is 2.76. The van der Waals surface area contributed by atoms with Gasteiger partial charge < -0.3 is 14.2 Å². The van der Waals surface area contributed by atoms with Crippen molar-refractivity contribution in [1.29, 1.82) is 0 Å². The molecule has 0 aromatic carbocycles. The molecule has 0 unspecified atom stereocenters. The van der Waals surface area contributed by atoms with Crippen LogP contribution in [-0.2, 0) is 13.2 Å². The van der Waals surface area contributed by atoms with E-state index < -0.39 is 0 Å². The molecule has 0 bridgehead atoms. The van der Waals surface area contributed by atoms with Gasteiger partial charge in [0.1, 0.15) is 0 Å². The van der Waals surface area contributed by atoms with E-state index in [9.17, 15) is 0 Å². The molecule has 0 aliphatic heterocycles. The van der Waals surface area contributed by atoms with E-state index in [2.05, 4.69) is 19.6 Å². The lowest BCUT2D eigenvalue weighted by Crippen LogP contribution is -1.98. The quantitative estimate of drug-likeness (QED) is 0.708. The molecule has 0 atom stereocenters. The highest BCUT2D eigenvalue weighted by molar-refractivity contribution is 4.96. The average molecular weight is 180 g/mol. The molecule has 1 N–H and O–H groups in total. The highest BCUT2D eigenvalue weighted by Gasteiger charge is 2.01. The second-order valence-corrected chi connectivity index (χ2v) is 2.54. The van der Waals surface area contributed by atoms with Crippen molar-refractivity contribution in [2.24, 2.45) is 0 Å². The van der Waals surface area contributed by atoms with E-state index in [1.807, 2.05) is 0 Å². The fraction of sp³-hybridized carbons (Fsp3) is 0.286. The van der Waals surface area contributed by atoms with Crippen LogP contribution in [0, 0.1) is 0 Å². The van der Waals surface area contributed by atoms with Crippen molar-refractivity contribution in [1.82, 2.24) is 19.7 Å². The van der Waals surface area contributed by atoms with E-state index >= 15 is 0 Å². The molecule has 0 saturated heterocycles. The zero-order valence-electron chi connectivity index (χ0n) is 6.79. The van der Waals surface area contributed by atoms with Crippen molar-refractivity contribution in [3.63, 3.8) is 0 Å². The maximum Gasteiger partial charge on any atom is 0.213 e. The number of hydrogen-bond acceptors (Lipinski definition) is 5. The Morgan fingerprint density at radius 1 is 1.46 bits per heavy atom. The number of nitrogens with zero attached hydrogens (tertiary/aromatic N) is 4. The molecule has 0 saturated carbocycles. The lowest BCUT2D eigenvalue weighted by atomic mass is 10.5. The fourth-order valence-corrected chi connectivity index (χ4v) is 1.000. The van der Waals surface area contributed by atoms with Crippen molar-refractivity contribution in [2.75, 3.05) is 0 Å². The van der Waals surface area contributed by atoms with Gasteiger partial charge in [0.2, 0.25) is 6.39 Å². The van der Waals surface area contributed by atoms with Crippen LogP contribution in [0.15, 0.2) is 23.4 Å². The van der Waals surface area contributed by atoms with Crippen LogP contribution in [0.3, 0.4) is 0 Å². The summed E-state index contributed by atoms with van der Waals surface area (Å²) in [5, 5.41) is 12.4. The van der Waals surface area contributed by atoms with Gasteiger partial charge >= 0.3 is 0 Å². The molecule has 0 radical (unpaired) electrons. The second-order valence-electron chi connectivity index (χ2n) is 2.54. The third kappa shape index (κ3) is 1.73. The molecule has 68 valence electrons. The van der Waals surface area contributed by atoms with Crippen LogP contribution in [0.2, 0.25) is 0 Å². The van der Waals surface area contributed by atoms with Gasteiger partial charge in [-0.15, -0.1) is 0 Å². The van der Waals surface area contributed by atoms with Crippen molar-refractivity contribution in [2.45, 2.75) is 13.2 Å². The van der Waals surface area contributed by atoms with Gasteiger partial charge in [-0.3, -0.25) is 0 Å². The smallest absolute Gasteiger partial charge is 0.213 e. The molecule has 6 nitrogen and oxygen atoms in total. The SMILES string of the molecule is OCc1cn(Cc2ncon2)cn1. The maximum atomic E-state index is 8.75. The maximum absolute atomic E-state index is 8.75. The molecule has 2 rings (SSSR count). The Labute approximate surface area is 73.8 Å². The number of hydrogen-bond donors (Lipinski definition) is 1. The van der Waals surface area contributed by atoms with Gasteiger partial charge in [0, 0.05) is 6.20 Å². The molecular weight excluding hydrogens is 172 g/mol. The predicted octanol–water partition coefficient (Wildman–Crippen LogP) is -0.193. The van der Waals surface area contributed by atoms with Gasteiger partial charge in [-0.1, -0.05) is 5.16 Å². The van der Waals surface area contributed by atoms with Crippen LogP contribution in [0.4, 0.5) is 0 Å². The first-order chi connectivity index (χ1) is 6.38. The molecule has 0 spiro atoms. The summed E-state index contributed by atoms with van der Waals surface area (Å²) in [6.45, 7) is 0.447. The minimum absolute atomic E-state index is 0.0563. The summed E-state index contributed by atoms with van der Waals surface area (Å²) >= 11 is 0. The number of aliphatic hydroxyl groups is 1. The van der Waals surface area contributed by atoms with Gasteiger partial charge in [0.15, 0.2) is 5.82 Å². The first-order valence-corrected chi connectivity index (χ1v) is 3.75. The summed E-state index contributed by atoms with van der Waals surface area (Å²) in [5.74, 6) is 0.585. The summed E-state index contributed by atoms with van der Waals surface area (Å²) < 4.78 is 6.35. The van der Waals surface area contributed by atoms with E-state index in [0.29, 0.717) is 18.1 Å². The summed E-state index contributed by atoms with van der Waals surface area (Å²) in [6.07, 6.45) is 4.62. The van der Waals surface area contributed by atoms with E-state index in [-0.39, 0.29) is 6.61 Å². The summed E-state index contributed by atoms with van der Waals surface area (Å²) in [6, 6.07) is 0. The molecule has 0 aliphatic carbocycles. The third-order valence-electron chi connectivity index (χ3n) is 1.58. The van der Waals surface area contributed by atoms with Crippen LogP contribution < -0.4 is 0 Å². The first kappa shape index (κ1) is 7.93. The second kappa shape index (κ2) is 3.36. The minimum Gasteiger partial charge on any atom is -0.390 e. The molecule has 2 heterocycles. The standard InChI is InChI=1S/C7H8N4O2/c12-3-6-1-11(4-8-6)2-7-9-5-13-10-7/h1,4-5,12H,2-3H2. The third-order valence-corrected chi connectivity index (χ3v) is 1.58. The lowest BCUT2D eigenvalue weighted by Gasteiger charge is -1.93.